The van der Waals surface area contributed by atoms with Crippen molar-refractivity contribution in [2.24, 2.45) is 0 Å². The highest BCUT2D eigenvalue weighted by Crippen LogP contribution is 2.24. The molecule has 1 unspecified atom stereocenters. The van der Waals surface area contributed by atoms with Crippen LogP contribution in [0, 0.1) is 25.5 Å². The third kappa shape index (κ3) is 6.83. The summed E-state index contributed by atoms with van der Waals surface area (Å²) >= 11 is 0. The maximum absolute atomic E-state index is 13.8. The van der Waals surface area contributed by atoms with Crippen molar-refractivity contribution >= 4 is 17.0 Å². The van der Waals surface area contributed by atoms with Crippen LogP contribution in [0.3, 0.4) is 0 Å². The fraction of sp³-hybridized carbons (Fsp3) is 0.364. The molecule has 0 aliphatic carbocycles. The lowest BCUT2D eigenvalue weighted by Crippen LogP contribution is -2.27. The normalized spacial score (nSPS) is 11.7. The van der Waals surface area contributed by atoms with Crippen molar-refractivity contribution in [1.29, 1.82) is 0 Å². The first-order valence-electron chi connectivity index (χ1n) is 8.82. The van der Waals surface area contributed by atoms with Gasteiger partial charge in [0.05, 0.1) is 13.2 Å². The van der Waals surface area contributed by atoms with Crippen LogP contribution in [0.2, 0.25) is 0 Å². The van der Waals surface area contributed by atoms with Gasteiger partial charge in [0, 0.05) is 24.6 Å². The first-order valence-corrected chi connectivity index (χ1v) is 8.82. The van der Waals surface area contributed by atoms with E-state index in [0.29, 0.717) is 13.2 Å². The van der Waals surface area contributed by atoms with E-state index >= 15 is 0 Å². The molecule has 0 amide bonds. The number of halogens is 3. The predicted molar refractivity (Wildman–Crippen MR) is 113 cm³/mol. The van der Waals surface area contributed by atoms with E-state index in [0.717, 1.165) is 12.1 Å². The Hall–Kier alpha value is -1.56. The molecule has 0 aliphatic rings. The molecular weight excluding hydrogens is 412 g/mol. The summed E-state index contributed by atoms with van der Waals surface area (Å²) in [6.07, 6.45) is 0. The molecule has 2 nitrogen and oxygen atoms in total. The second-order valence-corrected chi connectivity index (χ2v) is 6.81. The molecule has 5 heteroatoms. The van der Waals surface area contributed by atoms with Gasteiger partial charge in [0.25, 0.3) is 0 Å². The van der Waals surface area contributed by atoms with Gasteiger partial charge in [0.2, 0.25) is 0 Å². The maximum Gasteiger partial charge on any atom is 0.131 e. The topological polar surface area (TPSA) is 21.3 Å². The molecule has 148 valence electrons. The van der Waals surface area contributed by atoms with E-state index in [1.54, 1.807) is 0 Å². The zero-order valence-electron chi connectivity index (χ0n) is 16.1. The van der Waals surface area contributed by atoms with Gasteiger partial charge in [-0.3, -0.25) is 0 Å². The van der Waals surface area contributed by atoms with Crippen LogP contribution < -0.4 is 5.32 Å². The van der Waals surface area contributed by atoms with Crippen molar-refractivity contribution < 1.29 is 13.5 Å². The lowest BCUT2D eigenvalue weighted by Gasteiger charge is -2.22. The quantitative estimate of drug-likeness (QED) is 0.511. The van der Waals surface area contributed by atoms with E-state index in [4.69, 9.17) is 4.74 Å². The Kier molecular flexibility index (Phi) is 9.84. The minimum Gasteiger partial charge on any atom is -0.376 e. The van der Waals surface area contributed by atoms with E-state index in [1.807, 2.05) is 13.0 Å². The van der Waals surface area contributed by atoms with Crippen molar-refractivity contribution in [2.45, 2.75) is 33.3 Å². The number of rotatable bonds is 9. The van der Waals surface area contributed by atoms with Crippen molar-refractivity contribution in [3.63, 3.8) is 0 Å². The van der Waals surface area contributed by atoms with Crippen LogP contribution in [-0.4, -0.2) is 19.7 Å². The Morgan fingerprint density at radius 1 is 1.07 bits per heavy atom. The Balaban J connectivity index is 0.00000364. The number of nitrogens with one attached hydrogen (secondary N) is 1. The van der Waals surface area contributed by atoms with E-state index in [1.165, 1.54) is 34.9 Å². The SMILES string of the molecule is Br.C=C(C)CNCC(COCc1c(F)cccc1F)c1c(C)cccc1C. The summed E-state index contributed by atoms with van der Waals surface area (Å²) in [5, 5.41) is 3.38. The summed E-state index contributed by atoms with van der Waals surface area (Å²) < 4.78 is 33.3. The molecule has 27 heavy (non-hydrogen) atoms. The third-order valence-electron chi connectivity index (χ3n) is 4.40. The Morgan fingerprint density at radius 3 is 2.19 bits per heavy atom. The molecule has 1 atom stereocenters. The summed E-state index contributed by atoms with van der Waals surface area (Å²) in [7, 11) is 0. The molecule has 0 fully saturated rings. The predicted octanol–water partition coefficient (Wildman–Crippen LogP) is 5.63. The average molecular weight is 440 g/mol. The van der Waals surface area contributed by atoms with Crippen molar-refractivity contribution in [1.82, 2.24) is 5.32 Å². The number of ether oxygens (including phenoxy) is 1. The fourth-order valence-electron chi connectivity index (χ4n) is 3.15. The second-order valence-electron chi connectivity index (χ2n) is 6.81. The van der Waals surface area contributed by atoms with E-state index in [2.05, 4.69) is 37.9 Å². The molecule has 0 aliphatic heterocycles. The van der Waals surface area contributed by atoms with Gasteiger partial charge >= 0.3 is 0 Å². The molecule has 0 heterocycles. The molecule has 0 saturated carbocycles. The van der Waals surface area contributed by atoms with Gasteiger partial charge in [-0.2, -0.15) is 0 Å². The summed E-state index contributed by atoms with van der Waals surface area (Å²) in [6, 6.07) is 10.0. The summed E-state index contributed by atoms with van der Waals surface area (Å²) in [5.74, 6) is -1.06. The van der Waals surface area contributed by atoms with Crippen LogP contribution in [0.4, 0.5) is 8.78 Å². The number of benzene rings is 2. The lowest BCUT2D eigenvalue weighted by molar-refractivity contribution is 0.102. The first kappa shape index (κ1) is 23.5. The van der Waals surface area contributed by atoms with Gasteiger partial charge in [-0.05, 0) is 49.6 Å². The molecular formula is C22H28BrF2NO. The van der Waals surface area contributed by atoms with Gasteiger partial charge in [0.15, 0.2) is 0 Å². The van der Waals surface area contributed by atoms with Crippen molar-refractivity contribution in [3.8, 4) is 0 Å². The van der Waals surface area contributed by atoms with E-state index in [9.17, 15) is 8.78 Å². The molecule has 0 bridgehead atoms. The van der Waals surface area contributed by atoms with Gasteiger partial charge in [-0.1, -0.05) is 36.4 Å². The van der Waals surface area contributed by atoms with Crippen molar-refractivity contribution in [2.75, 3.05) is 19.7 Å². The standard InChI is InChI=1S/C22H27F2NO.BrH/c1-15(2)11-25-12-18(22-16(3)7-5-8-17(22)4)13-26-14-19-20(23)9-6-10-21(19)24;/h5-10,18,25H,1,11-14H2,2-4H3;1H. The zero-order chi connectivity index (χ0) is 19.1. The van der Waals surface area contributed by atoms with E-state index in [-0.39, 0.29) is 35.1 Å². The van der Waals surface area contributed by atoms with Crippen molar-refractivity contribution in [3.05, 3.63) is 82.4 Å². The largest absolute Gasteiger partial charge is 0.376 e. The van der Waals surface area contributed by atoms with Gasteiger partial charge in [0.1, 0.15) is 11.6 Å². The maximum atomic E-state index is 13.8. The molecule has 0 saturated heterocycles. The highest BCUT2D eigenvalue weighted by molar-refractivity contribution is 8.93. The molecule has 2 rings (SSSR count). The highest BCUT2D eigenvalue weighted by atomic mass is 79.9. The van der Waals surface area contributed by atoms with Gasteiger partial charge in [-0.25, -0.2) is 8.78 Å². The summed E-state index contributed by atoms with van der Waals surface area (Å²) in [5.41, 5.74) is 4.62. The molecule has 0 spiro atoms. The van der Waals surface area contributed by atoms with E-state index < -0.39 is 11.6 Å². The van der Waals surface area contributed by atoms with Crippen LogP contribution in [0.5, 0.6) is 0 Å². The zero-order valence-corrected chi connectivity index (χ0v) is 17.9. The summed E-state index contributed by atoms with van der Waals surface area (Å²) in [6.45, 7) is 11.7. The van der Waals surface area contributed by atoms with Crippen LogP contribution in [0.1, 0.15) is 35.1 Å². The smallest absolute Gasteiger partial charge is 0.131 e. The third-order valence-corrected chi connectivity index (χ3v) is 4.40. The highest BCUT2D eigenvalue weighted by Gasteiger charge is 2.17. The number of hydrogen-bond donors (Lipinski definition) is 1. The van der Waals surface area contributed by atoms with Crippen LogP contribution >= 0.6 is 17.0 Å². The van der Waals surface area contributed by atoms with Crippen LogP contribution in [0.15, 0.2) is 48.6 Å². The minimum atomic E-state index is -0.575. The molecule has 0 radical (unpaired) electrons. The fourth-order valence-corrected chi connectivity index (χ4v) is 3.15. The first-order chi connectivity index (χ1) is 12.4. The molecule has 2 aromatic carbocycles. The van der Waals surface area contributed by atoms with Gasteiger partial charge < -0.3 is 10.1 Å². The Labute approximate surface area is 171 Å². The molecule has 1 N–H and O–H groups in total. The number of aryl methyl sites for hydroxylation is 2. The Morgan fingerprint density at radius 2 is 1.63 bits per heavy atom. The minimum absolute atomic E-state index is 0. The van der Waals surface area contributed by atoms with Crippen LogP contribution in [-0.2, 0) is 11.3 Å². The monoisotopic (exact) mass is 439 g/mol. The van der Waals surface area contributed by atoms with Crippen LogP contribution in [0.25, 0.3) is 0 Å². The second kappa shape index (κ2) is 11.3. The van der Waals surface area contributed by atoms with Gasteiger partial charge in [-0.15, -0.1) is 17.0 Å². The lowest BCUT2D eigenvalue weighted by atomic mass is 9.91. The molecule has 0 aromatic heterocycles. The number of hydrogen-bond acceptors (Lipinski definition) is 2. The average Bonchev–Trinajstić information content (AvgIpc) is 2.56. The molecule has 2 aromatic rings. The summed E-state index contributed by atoms with van der Waals surface area (Å²) in [4.78, 5) is 0. The Bertz CT molecular complexity index is 723.